The van der Waals surface area contributed by atoms with Crippen molar-refractivity contribution in [1.29, 1.82) is 0 Å². The van der Waals surface area contributed by atoms with Crippen molar-refractivity contribution < 1.29 is 9.90 Å². The van der Waals surface area contributed by atoms with Gasteiger partial charge >= 0.3 is 0 Å². The normalized spacial score (nSPS) is 12.2. The molecule has 0 saturated heterocycles. The predicted octanol–water partition coefficient (Wildman–Crippen LogP) is 2.75. The van der Waals surface area contributed by atoms with Crippen molar-refractivity contribution in [2.75, 3.05) is 23.4 Å². The van der Waals surface area contributed by atoms with Gasteiger partial charge in [-0.25, -0.2) is 0 Å². The van der Waals surface area contributed by atoms with E-state index >= 15 is 0 Å². The van der Waals surface area contributed by atoms with Crippen LogP contribution in [-0.4, -0.2) is 28.6 Å². The van der Waals surface area contributed by atoms with Crippen LogP contribution < -0.4 is 11.1 Å². The van der Waals surface area contributed by atoms with Crippen LogP contribution in [0.15, 0.2) is 18.2 Å². The molecule has 1 unspecified atom stereocenters. The molecule has 0 aliphatic rings. The molecule has 1 atom stereocenters. The second-order valence-electron chi connectivity index (χ2n) is 4.22. The van der Waals surface area contributed by atoms with E-state index in [-0.39, 0.29) is 12.5 Å². The topological polar surface area (TPSA) is 75.3 Å². The molecule has 0 radical (unpaired) electrons. The number of rotatable bonds is 7. The van der Waals surface area contributed by atoms with Crippen molar-refractivity contribution in [1.82, 2.24) is 0 Å². The van der Waals surface area contributed by atoms with Gasteiger partial charge in [0, 0.05) is 29.1 Å². The van der Waals surface area contributed by atoms with E-state index in [1.54, 1.807) is 30.0 Å². The fraction of sp³-hybridized carbons (Fsp3) is 0.462. The molecule has 19 heavy (non-hydrogen) atoms. The van der Waals surface area contributed by atoms with Crippen LogP contribution >= 0.6 is 23.4 Å². The Bertz CT molecular complexity index is 429. The second-order valence-corrected chi connectivity index (χ2v) is 6.21. The summed E-state index contributed by atoms with van der Waals surface area (Å²) >= 11 is 7.52. The lowest BCUT2D eigenvalue weighted by atomic mass is 10.2. The molecule has 0 fully saturated rings. The lowest BCUT2D eigenvalue weighted by Gasteiger charge is -2.10. The van der Waals surface area contributed by atoms with Crippen LogP contribution in [0.1, 0.15) is 19.8 Å². The molecule has 4 nitrogen and oxygen atoms in total. The van der Waals surface area contributed by atoms with E-state index < -0.39 is 0 Å². The van der Waals surface area contributed by atoms with Crippen LogP contribution in [-0.2, 0) is 4.79 Å². The quantitative estimate of drug-likeness (QED) is 0.677. The first-order chi connectivity index (χ1) is 9.02. The minimum Gasteiger partial charge on any atom is -0.397 e. The molecular formula is C13H19ClN2O2S. The largest absolute Gasteiger partial charge is 0.397 e. The van der Waals surface area contributed by atoms with Crippen LogP contribution in [0, 0.1) is 0 Å². The Hall–Kier alpha value is -0.910. The third kappa shape index (κ3) is 6.18. The molecule has 106 valence electrons. The van der Waals surface area contributed by atoms with Crippen molar-refractivity contribution in [3.63, 3.8) is 0 Å². The van der Waals surface area contributed by atoms with Gasteiger partial charge in [-0.05, 0) is 24.6 Å². The third-order valence-electron chi connectivity index (χ3n) is 2.56. The molecule has 1 amide bonds. The fourth-order valence-corrected chi connectivity index (χ4v) is 2.62. The van der Waals surface area contributed by atoms with Gasteiger partial charge in [-0.1, -0.05) is 18.5 Å². The Labute approximate surface area is 122 Å². The Morgan fingerprint density at radius 2 is 2.32 bits per heavy atom. The first kappa shape index (κ1) is 16.1. The number of thioether (sulfide) groups is 1. The smallest absolute Gasteiger partial charge is 0.225 e. The molecule has 1 aromatic rings. The number of aliphatic hydroxyl groups is 1. The van der Waals surface area contributed by atoms with E-state index in [9.17, 15) is 4.79 Å². The van der Waals surface area contributed by atoms with Crippen LogP contribution in [0.25, 0.3) is 0 Å². The molecule has 1 aromatic carbocycles. The Morgan fingerprint density at radius 1 is 1.58 bits per heavy atom. The van der Waals surface area contributed by atoms with Gasteiger partial charge in [-0.2, -0.15) is 11.8 Å². The summed E-state index contributed by atoms with van der Waals surface area (Å²) in [5, 5.41) is 12.4. The van der Waals surface area contributed by atoms with Crippen molar-refractivity contribution in [2.24, 2.45) is 0 Å². The lowest BCUT2D eigenvalue weighted by molar-refractivity contribution is -0.115. The third-order valence-corrected chi connectivity index (χ3v) is 4.04. The summed E-state index contributed by atoms with van der Waals surface area (Å²) < 4.78 is 0. The van der Waals surface area contributed by atoms with Gasteiger partial charge in [0.1, 0.15) is 0 Å². The molecule has 6 heteroatoms. The summed E-state index contributed by atoms with van der Waals surface area (Å²) in [5.74, 6) is 0.630. The van der Waals surface area contributed by atoms with Crippen molar-refractivity contribution in [2.45, 2.75) is 25.0 Å². The van der Waals surface area contributed by atoms with Crippen LogP contribution in [0.3, 0.4) is 0 Å². The maximum atomic E-state index is 11.7. The lowest BCUT2D eigenvalue weighted by Crippen LogP contribution is -2.14. The highest BCUT2D eigenvalue weighted by Gasteiger charge is 2.07. The first-order valence-corrected chi connectivity index (χ1v) is 7.53. The van der Waals surface area contributed by atoms with Crippen molar-refractivity contribution in [3.05, 3.63) is 23.2 Å². The van der Waals surface area contributed by atoms with Crippen molar-refractivity contribution >= 4 is 40.6 Å². The second kappa shape index (κ2) is 8.30. The molecule has 0 aliphatic heterocycles. The summed E-state index contributed by atoms with van der Waals surface area (Å²) in [4.78, 5) is 11.7. The van der Waals surface area contributed by atoms with Crippen LogP contribution in [0.5, 0.6) is 0 Å². The zero-order valence-corrected chi connectivity index (χ0v) is 12.4. The number of anilines is 2. The van der Waals surface area contributed by atoms with Gasteiger partial charge in [0.2, 0.25) is 5.91 Å². The minimum absolute atomic E-state index is 0.0855. The van der Waals surface area contributed by atoms with Gasteiger partial charge in [0.25, 0.3) is 0 Å². The maximum Gasteiger partial charge on any atom is 0.225 e. The molecule has 0 aromatic heterocycles. The summed E-state index contributed by atoms with van der Waals surface area (Å²) in [7, 11) is 0. The van der Waals surface area contributed by atoms with Gasteiger partial charge in [0.05, 0.1) is 11.4 Å². The number of nitrogens with two attached hydrogens (primary N) is 1. The van der Waals surface area contributed by atoms with E-state index in [2.05, 4.69) is 5.32 Å². The number of hydrogen-bond acceptors (Lipinski definition) is 4. The molecule has 1 rings (SSSR count). The summed E-state index contributed by atoms with van der Waals surface area (Å²) in [5.41, 5.74) is 6.79. The number of amides is 1. The molecule has 0 spiro atoms. The van der Waals surface area contributed by atoms with Crippen molar-refractivity contribution in [3.8, 4) is 0 Å². The van der Waals surface area contributed by atoms with Gasteiger partial charge in [0.15, 0.2) is 0 Å². The fourth-order valence-electron chi connectivity index (χ4n) is 1.47. The Balaban J connectivity index is 2.37. The number of nitrogen functional groups attached to an aromatic ring is 1. The maximum absolute atomic E-state index is 11.7. The SMILES string of the molecule is CC(CCO)SCCC(=O)Nc1cc(Cl)ccc1N. The zero-order chi connectivity index (χ0) is 14.3. The number of halogens is 1. The van der Waals surface area contributed by atoms with Gasteiger partial charge in [-0.15, -0.1) is 0 Å². The summed E-state index contributed by atoms with van der Waals surface area (Å²) in [6, 6.07) is 4.98. The number of aliphatic hydroxyl groups excluding tert-OH is 1. The highest BCUT2D eigenvalue weighted by molar-refractivity contribution is 7.99. The number of hydrogen-bond donors (Lipinski definition) is 3. The molecule has 0 aliphatic carbocycles. The minimum atomic E-state index is -0.0855. The average Bonchev–Trinajstić information content (AvgIpc) is 2.34. The summed E-state index contributed by atoms with van der Waals surface area (Å²) in [6.45, 7) is 2.22. The van der Waals surface area contributed by atoms with Crippen LogP contribution in [0.2, 0.25) is 5.02 Å². The Kier molecular flexibility index (Phi) is 7.05. The monoisotopic (exact) mass is 302 g/mol. The molecular weight excluding hydrogens is 284 g/mol. The van der Waals surface area contributed by atoms with Crippen LogP contribution in [0.4, 0.5) is 11.4 Å². The number of carbonyl (C=O) groups is 1. The van der Waals surface area contributed by atoms with Gasteiger partial charge < -0.3 is 16.2 Å². The van der Waals surface area contributed by atoms with E-state index in [0.29, 0.717) is 33.8 Å². The Morgan fingerprint density at radius 3 is 3.00 bits per heavy atom. The van der Waals surface area contributed by atoms with E-state index in [1.165, 1.54) is 0 Å². The number of nitrogens with one attached hydrogen (secondary N) is 1. The standard InChI is InChI=1S/C13H19ClN2O2S/c1-9(4-6-17)19-7-5-13(18)16-12-8-10(14)2-3-11(12)15/h2-3,8-9,17H,4-7,15H2,1H3,(H,16,18). The molecule has 0 heterocycles. The van der Waals surface area contributed by atoms with E-state index in [4.69, 9.17) is 22.4 Å². The van der Waals surface area contributed by atoms with Gasteiger partial charge in [-0.3, -0.25) is 4.79 Å². The highest BCUT2D eigenvalue weighted by Crippen LogP contribution is 2.23. The number of benzene rings is 1. The average molecular weight is 303 g/mol. The van der Waals surface area contributed by atoms with E-state index in [0.717, 1.165) is 6.42 Å². The number of carbonyl (C=O) groups excluding carboxylic acids is 1. The first-order valence-electron chi connectivity index (χ1n) is 6.10. The molecule has 0 bridgehead atoms. The molecule has 0 saturated carbocycles. The summed E-state index contributed by atoms with van der Waals surface area (Å²) in [6.07, 6.45) is 1.15. The zero-order valence-electron chi connectivity index (χ0n) is 10.9. The van der Waals surface area contributed by atoms with E-state index in [1.807, 2.05) is 6.92 Å². The predicted molar refractivity (Wildman–Crippen MR) is 82.7 cm³/mol. The highest BCUT2D eigenvalue weighted by atomic mass is 35.5. The molecule has 4 N–H and O–H groups in total.